The first-order chi connectivity index (χ1) is 16.6. The summed E-state index contributed by atoms with van der Waals surface area (Å²) in [5, 5.41) is 1.04. The van der Waals surface area contributed by atoms with Crippen molar-refractivity contribution in [3.63, 3.8) is 0 Å². The van der Waals surface area contributed by atoms with Crippen LogP contribution in [0.5, 0.6) is 0 Å². The minimum Gasteiger partial charge on any atom is -0.351 e. The Balaban J connectivity index is 1.20. The number of hydrogen-bond donors (Lipinski definition) is 1. The molecule has 0 saturated carbocycles. The Morgan fingerprint density at radius 2 is 2.06 bits per heavy atom. The highest BCUT2D eigenvalue weighted by Gasteiger charge is 2.26. The Morgan fingerprint density at radius 3 is 2.97 bits per heavy atom. The molecule has 7 nitrogen and oxygen atoms in total. The Morgan fingerprint density at radius 1 is 1.15 bits per heavy atom. The SMILES string of the molecule is O=C(c1cc2ccccc2[nH]1)N1CCC[C@@H](Cc2ccnc(-c3cnc4ccc(F)cn34)n2)C1. The van der Waals surface area contributed by atoms with E-state index < -0.39 is 0 Å². The average Bonchev–Trinajstić information content (AvgIpc) is 3.48. The summed E-state index contributed by atoms with van der Waals surface area (Å²) in [6.45, 7) is 1.45. The van der Waals surface area contributed by atoms with Crippen LogP contribution in [-0.2, 0) is 6.42 Å². The van der Waals surface area contributed by atoms with Gasteiger partial charge in [0.05, 0.1) is 6.20 Å². The molecule has 0 unspecified atom stereocenters. The summed E-state index contributed by atoms with van der Waals surface area (Å²) in [5.74, 6) is 0.517. The molecule has 1 N–H and O–H groups in total. The Kier molecular flexibility index (Phi) is 5.05. The first-order valence-corrected chi connectivity index (χ1v) is 11.5. The van der Waals surface area contributed by atoms with Gasteiger partial charge in [0, 0.05) is 42.1 Å². The summed E-state index contributed by atoms with van der Waals surface area (Å²) in [4.78, 5) is 31.8. The number of H-pyrrole nitrogens is 1. The van der Waals surface area contributed by atoms with Gasteiger partial charge in [0.25, 0.3) is 5.91 Å². The van der Waals surface area contributed by atoms with Crippen molar-refractivity contribution in [3.8, 4) is 11.5 Å². The monoisotopic (exact) mass is 454 g/mol. The summed E-state index contributed by atoms with van der Waals surface area (Å²) in [6, 6.07) is 14.8. The van der Waals surface area contributed by atoms with Crippen LogP contribution < -0.4 is 0 Å². The first kappa shape index (κ1) is 20.5. The molecule has 1 amide bonds. The number of pyridine rings is 1. The minimum atomic E-state index is -0.343. The number of carbonyl (C=O) groups excluding carboxylic acids is 1. The summed E-state index contributed by atoms with van der Waals surface area (Å²) in [6.07, 6.45) is 7.53. The van der Waals surface area contributed by atoms with Gasteiger partial charge < -0.3 is 9.88 Å². The zero-order chi connectivity index (χ0) is 23.1. The van der Waals surface area contributed by atoms with Gasteiger partial charge in [0.2, 0.25) is 0 Å². The van der Waals surface area contributed by atoms with Crippen molar-refractivity contribution in [3.05, 3.63) is 84.3 Å². The van der Waals surface area contributed by atoms with E-state index in [0.29, 0.717) is 35.3 Å². The number of imidazole rings is 1. The van der Waals surface area contributed by atoms with Crippen molar-refractivity contribution in [2.45, 2.75) is 19.3 Å². The largest absolute Gasteiger partial charge is 0.351 e. The molecule has 34 heavy (non-hydrogen) atoms. The minimum absolute atomic E-state index is 0.0389. The number of fused-ring (bicyclic) bond motifs is 2. The summed E-state index contributed by atoms with van der Waals surface area (Å²) in [5.41, 5.74) is 3.80. The number of halogens is 1. The lowest BCUT2D eigenvalue weighted by atomic mass is 9.93. The number of nitrogens with one attached hydrogen (secondary N) is 1. The number of benzene rings is 1. The molecule has 5 heterocycles. The summed E-state index contributed by atoms with van der Waals surface area (Å²) in [7, 11) is 0. The van der Waals surface area contributed by atoms with Crippen molar-refractivity contribution in [1.82, 2.24) is 29.2 Å². The number of aromatic nitrogens is 5. The molecule has 8 heteroatoms. The van der Waals surface area contributed by atoms with Crippen LogP contribution in [0, 0.1) is 11.7 Å². The number of carbonyl (C=O) groups is 1. The molecule has 1 saturated heterocycles. The predicted molar refractivity (Wildman–Crippen MR) is 127 cm³/mol. The van der Waals surface area contributed by atoms with Crippen molar-refractivity contribution in [1.29, 1.82) is 0 Å². The molecule has 1 aliphatic heterocycles. The second-order valence-corrected chi connectivity index (χ2v) is 8.82. The van der Waals surface area contributed by atoms with Gasteiger partial charge >= 0.3 is 0 Å². The van der Waals surface area contributed by atoms with Gasteiger partial charge in [-0.1, -0.05) is 18.2 Å². The molecule has 1 fully saturated rings. The van der Waals surface area contributed by atoms with Crippen molar-refractivity contribution in [2.75, 3.05) is 13.1 Å². The fraction of sp³-hybridized carbons (Fsp3) is 0.231. The number of amides is 1. The van der Waals surface area contributed by atoms with Gasteiger partial charge in [0.15, 0.2) is 5.82 Å². The fourth-order valence-electron chi connectivity index (χ4n) is 4.82. The van der Waals surface area contributed by atoms with E-state index >= 15 is 0 Å². The van der Waals surface area contributed by atoms with Crippen molar-refractivity contribution in [2.24, 2.45) is 5.92 Å². The van der Waals surface area contributed by atoms with E-state index in [-0.39, 0.29) is 11.7 Å². The van der Waals surface area contributed by atoms with E-state index in [9.17, 15) is 9.18 Å². The van der Waals surface area contributed by atoms with Crippen LogP contribution in [0.1, 0.15) is 29.0 Å². The van der Waals surface area contributed by atoms with E-state index in [2.05, 4.69) is 15.0 Å². The lowest BCUT2D eigenvalue weighted by Gasteiger charge is -2.32. The highest BCUT2D eigenvalue weighted by molar-refractivity contribution is 5.98. The van der Waals surface area contributed by atoms with Crippen LogP contribution in [0.3, 0.4) is 0 Å². The standard InChI is InChI=1S/C26H23FN6O/c27-19-7-8-24-29-14-23(33(24)16-19)25-28-10-9-20(30-25)12-17-4-3-11-32(15-17)26(34)22-13-18-5-1-2-6-21(18)31-22/h1-2,5-10,13-14,16-17,31H,3-4,11-12,15H2/t17-/m0/s1. The molecule has 1 aromatic carbocycles. The van der Waals surface area contributed by atoms with Crippen LogP contribution in [0.2, 0.25) is 0 Å². The number of hydrogen-bond acceptors (Lipinski definition) is 4. The number of nitrogens with zero attached hydrogens (tertiary/aromatic N) is 5. The zero-order valence-electron chi connectivity index (χ0n) is 18.5. The van der Waals surface area contributed by atoms with Gasteiger partial charge in [-0.15, -0.1) is 0 Å². The van der Waals surface area contributed by atoms with Gasteiger partial charge in [-0.2, -0.15) is 0 Å². The Hall–Kier alpha value is -4.07. The number of rotatable bonds is 4. The zero-order valence-corrected chi connectivity index (χ0v) is 18.5. The van der Waals surface area contributed by atoms with Crippen molar-refractivity contribution >= 4 is 22.5 Å². The molecule has 5 aromatic rings. The van der Waals surface area contributed by atoms with Crippen LogP contribution in [-0.4, -0.2) is 48.2 Å². The van der Waals surface area contributed by atoms with Gasteiger partial charge in [0.1, 0.15) is 22.9 Å². The van der Waals surface area contributed by atoms with Gasteiger partial charge in [-0.3, -0.25) is 9.20 Å². The normalized spacial score (nSPS) is 16.4. The molecule has 0 aliphatic carbocycles. The molecule has 1 aliphatic rings. The highest BCUT2D eigenvalue weighted by Crippen LogP contribution is 2.24. The third-order valence-electron chi connectivity index (χ3n) is 6.48. The average molecular weight is 455 g/mol. The molecule has 170 valence electrons. The van der Waals surface area contributed by atoms with Crippen LogP contribution in [0.15, 0.2) is 67.1 Å². The van der Waals surface area contributed by atoms with E-state index in [1.54, 1.807) is 22.9 Å². The maximum Gasteiger partial charge on any atom is 0.270 e. The van der Waals surface area contributed by atoms with Crippen molar-refractivity contribution < 1.29 is 9.18 Å². The number of likely N-dealkylation sites (tertiary alicyclic amines) is 1. The molecular weight excluding hydrogens is 431 g/mol. The Bertz CT molecular complexity index is 1470. The van der Waals surface area contributed by atoms with Crippen LogP contribution >= 0.6 is 0 Å². The smallest absolute Gasteiger partial charge is 0.270 e. The molecule has 6 rings (SSSR count). The summed E-state index contributed by atoms with van der Waals surface area (Å²) >= 11 is 0. The predicted octanol–water partition coefficient (Wildman–Crippen LogP) is 4.51. The quantitative estimate of drug-likeness (QED) is 0.434. The van der Waals surface area contributed by atoms with Crippen LogP contribution in [0.4, 0.5) is 4.39 Å². The molecule has 4 aromatic heterocycles. The maximum atomic E-state index is 13.8. The number of para-hydroxylation sites is 1. The van der Waals surface area contributed by atoms with E-state index in [0.717, 1.165) is 42.4 Å². The molecule has 0 radical (unpaired) electrons. The number of piperidine rings is 1. The van der Waals surface area contributed by atoms with E-state index in [4.69, 9.17) is 4.98 Å². The lowest BCUT2D eigenvalue weighted by molar-refractivity contribution is 0.0668. The van der Waals surface area contributed by atoms with Gasteiger partial charge in [-0.25, -0.2) is 19.3 Å². The third kappa shape index (κ3) is 3.81. The lowest BCUT2D eigenvalue weighted by Crippen LogP contribution is -2.40. The topological polar surface area (TPSA) is 79.2 Å². The molecule has 0 spiro atoms. The fourth-order valence-corrected chi connectivity index (χ4v) is 4.82. The number of aromatic amines is 1. The molecule has 0 bridgehead atoms. The summed E-state index contributed by atoms with van der Waals surface area (Å²) < 4.78 is 15.4. The van der Waals surface area contributed by atoms with E-state index in [1.165, 1.54) is 12.3 Å². The third-order valence-corrected chi connectivity index (χ3v) is 6.48. The van der Waals surface area contributed by atoms with Gasteiger partial charge in [-0.05, 0) is 55.5 Å². The first-order valence-electron chi connectivity index (χ1n) is 11.5. The van der Waals surface area contributed by atoms with Crippen LogP contribution in [0.25, 0.3) is 28.1 Å². The maximum absolute atomic E-state index is 13.8. The second kappa shape index (κ2) is 8.37. The Labute approximate surface area is 195 Å². The van der Waals surface area contributed by atoms with E-state index in [1.807, 2.05) is 41.3 Å². The molecule has 1 atom stereocenters. The molecular formula is C26H23FN6O. The highest BCUT2D eigenvalue weighted by atomic mass is 19.1. The second-order valence-electron chi connectivity index (χ2n) is 8.82.